The molecule has 2 aromatic rings. The van der Waals surface area contributed by atoms with E-state index >= 15 is 0 Å². The van der Waals surface area contributed by atoms with E-state index in [0.717, 1.165) is 35.1 Å². The summed E-state index contributed by atoms with van der Waals surface area (Å²) in [6, 6.07) is 0. The van der Waals surface area contributed by atoms with E-state index in [1.807, 2.05) is 18.6 Å². The minimum atomic E-state index is 0.898. The van der Waals surface area contributed by atoms with Gasteiger partial charge in [-0.05, 0) is 34.7 Å². The van der Waals surface area contributed by atoms with E-state index in [9.17, 15) is 0 Å². The molecule has 0 aliphatic carbocycles. The van der Waals surface area contributed by atoms with Gasteiger partial charge in [0.15, 0.2) is 5.65 Å². The van der Waals surface area contributed by atoms with Gasteiger partial charge in [0.2, 0.25) is 5.95 Å². The average Bonchev–Trinajstić information content (AvgIpc) is 2.91. The smallest absolute Gasteiger partial charge is 0.211 e. The van der Waals surface area contributed by atoms with Gasteiger partial charge in [0.05, 0.1) is 4.47 Å². The maximum atomic E-state index is 4.58. The van der Waals surface area contributed by atoms with Gasteiger partial charge >= 0.3 is 0 Å². The summed E-state index contributed by atoms with van der Waals surface area (Å²) in [6.07, 6.45) is 10.9. The molecule has 0 atom stereocenters. The molecule has 1 saturated heterocycles. The first kappa shape index (κ1) is 12.9. The fourth-order valence-electron chi connectivity index (χ4n) is 2.94. The Kier molecular flexibility index (Phi) is 3.73. The molecule has 0 N–H and O–H groups in total. The lowest BCUT2D eigenvalue weighted by Crippen LogP contribution is -2.35. The van der Waals surface area contributed by atoms with Gasteiger partial charge in [-0.2, -0.15) is 0 Å². The highest BCUT2D eigenvalue weighted by molar-refractivity contribution is 9.10. The molecule has 1 aliphatic heterocycles. The molecular weight excluding hydrogens is 304 g/mol. The number of imidazole rings is 1. The summed E-state index contributed by atoms with van der Waals surface area (Å²) < 4.78 is 3.02. The van der Waals surface area contributed by atoms with Crippen molar-refractivity contribution in [2.24, 2.45) is 5.92 Å². The highest BCUT2D eigenvalue weighted by Crippen LogP contribution is 2.26. The Hall–Kier alpha value is -1.10. The Labute approximate surface area is 122 Å². The maximum absolute atomic E-state index is 4.58. The van der Waals surface area contributed by atoms with Crippen LogP contribution in [0.2, 0.25) is 0 Å². The van der Waals surface area contributed by atoms with Gasteiger partial charge < -0.3 is 4.90 Å². The summed E-state index contributed by atoms with van der Waals surface area (Å²) in [4.78, 5) is 11.3. The predicted molar refractivity (Wildman–Crippen MR) is 80.5 cm³/mol. The van der Waals surface area contributed by atoms with E-state index in [1.54, 1.807) is 0 Å². The van der Waals surface area contributed by atoms with Crippen molar-refractivity contribution < 1.29 is 0 Å². The number of aromatic nitrogens is 3. The standard InChI is InChI=1S/C14H19BrN4/c1-2-3-11-4-7-18(8-5-11)14-17-10-12(15)13-16-6-9-19(13)14/h6,9-11H,2-5,7-8H2,1H3. The largest absolute Gasteiger partial charge is 0.342 e. The third-order valence-corrected chi connectivity index (χ3v) is 4.52. The molecule has 0 aromatic carbocycles. The van der Waals surface area contributed by atoms with Crippen LogP contribution in [0.3, 0.4) is 0 Å². The van der Waals surface area contributed by atoms with Crippen molar-refractivity contribution in [3.63, 3.8) is 0 Å². The quantitative estimate of drug-likeness (QED) is 0.867. The van der Waals surface area contributed by atoms with Crippen molar-refractivity contribution in [3.05, 3.63) is 23.1 Å². The highest BCUT2D eigenvalue weighted by atomic mass is 79.9. The third kappa shape index (κ3) is 2.48. The van der Waals surface area contributed by atoms with Crippen LogP contribution in [-0.4, -0.2) is 27.5 Å². The number of hydrogen-bond donors (Lipinski definition) is 0. The Morgan fingerprint density at radius 1 is 1.32 bits per heavy atom. The second-order valence-corrected chi connectivity index (χ2v) is 6.10. The topological polar surface area (TPSA) is 33.4 Å². The van der Waals surface area contributed by atoms with Crippen LogP contribution in [0.5, 0.6) is 0 Å². The van der Waals surface area contributed by atoms with Crippen molar-refractivity contribution in [2.45, 2.75) is 32.6 Å². The molecule has 0 saturated carbocycles. The lowest BCUT2D eigenvalue weighted by Gasteiger charge is -2.32. The molecule has 0 bridgehead atoms. The zero-order chi connectivity index (χ0) is 13.2. The summed E-state index contributed by atoms with van der Waals surface area (Å²) in [7, 11) is 0. The first-order valence-corrected chi connectivity index (χ1v) is 7.81. The molecule has 0 amide bonds. The third-order valence-electron chi connectivity index (χ3n) is 3.96. The second-order valence-electron chi connectivity index (χ2n) is 5.25. The first-order chi connectivity index (χ1) is 9.29. The van der Waals surface area contributed by atoms with Crippen LogP contribution in [0.4, 0.5) is 5.95 Å². The van der Waals surface area contributed by atoms with Crippen molar-refractivity contribution in [1.82, 2.24) is 14.4 Å². The summed E-state index contributed by atoms with van der Waals surface area (Å²) in [6.45, 7) is 4.48. The molecule has 0 unspecified atom stereocenters. The monoisotopic (exact) mass is 322 g/mol. The van der Waals surface area contributed by atoms with Crippen LogP contribution in [0.15, 0.2) is 23.1 Å². The lowest BCUT2D eigenvalue weighted by molar-refractivity contribution is 0.375. The van der Waals surface area contributed by atoms with Gasteiger partial charge in [0, 0.05) is 31.7 Å². The number of rotatable bonds is 3. The van der Waals surface area contributed by atoms with Crippen LogP contribution in [0.25, 0.3) is 5.65 Å². The van der Waals surface area contributed by atoms with E-state index in [-0.39, 0.29) is 0 Å². The number of piperidine rings is 1. The Bertz CT molecular complexity index is 558. The van der Waals surface area contributed by atoms with Crippen molar-refractivity contribution >= 4 is 27.5 Å². The van der Waals surface area contributed by atoms with Crippen molar-refractivity contribution in [1.29, 1.82) is 0 Å². The Morgan fingerprint density at radius 2 is 2.11 bits per heavy atom. The number of halogens is 1. The number of hydrogen-bond acceptors (Lipinski definition) is 3. The predicted octanol–water partition coefficient (Wildman–Crippen LogP) is 3.51. The summed E-state index contributed by atoms with van der Waals surface area (Å²) in [5.74, 6) is 1.92. The van der Waals surface area contributed by atoms with Gasteiger partial charge in [0.25, 0.3) is 0 Å². The lowest BCUT2D eigenvalue weighted by atomic mass is 9.93. The van der Waals surface area contributed by atoms with Crippen molar-refractivity contribution in [3.8, 4) is 0 Å². The molecule has 1 aliphatic rings. The zero-order valence-electron chi connectivity index (χ0n) is 11.2. The zero-order valence-corrected chi connectivity index (χ0v) is 12.8. The molecule has 19 heavy (non-hydrogen) atoms. The second kappa shape index (κ2) is 5.49. The minimum absolute atomic E-state index is 0.898. The van der Waals surface area contributed by atoms with E-state index in [1.165, 1.54) is 25.7 Å². The van der Waals surface area contributed by atoms with Crippen LogP contribution in [-0.2, 0) is 0 Å². The van der Waals surface area contributed by atoms with E-state index in [2.05, 4.69) is 42.1 Å². The van der Waals surface area contributed by atoms with Gasteiger partial charge in [-0.15, -0.1) is 0 Å². The summed E-state index contributed by atoms with van der Waals surface area (Å²) in [5.41, 5.74) is 0.945. The number of anilines is 1. The van der Waals surface area contributed by atoms with Gasteiger partial charge in [-0.1, -0.05) is 19.8 Å². The molecular formula is C14H19BrN4. The molecule has 102 valence electrons. The summed E-state index contributed by atoms with van der Waals surface area (Å²) >= 11 is 3.50. The highest BCUT2D eigenvalue weighted by Gasteiger charge is 2.21. The fraction of sp³-hybridized carbons (Fsp3) is 0.571. The van der Waals surface area contributed by atoms with Crippen LogP contribution < -0.4 is 4.90 Å². The molecule has 2 aromatic heterocycles. The molecule has 5 heteroatoms. The minimum Gasteiger partial charge on any atom is -0.342 e. The van der Waals surface area contributed by atoms with Gasteiger partial charge in [-0.25, -0.2) is 9.97 Å². The van der Waals surface area contributed by atoms with E-state index in [4.69, 9.17) is 0 Å². The maximum Gasteiger partial charge on any atom is 0.211 e. The molecule has 3 rings (SSSR count). The number of nitrogens with zero attached hydrogens (tertiary/aromatic N) is 4. The van der Waals surface area contributed by atoms with Crippen LogP contribution >= 0.6 is 15.9 Å². The molecule has 0 spiro atoms. The Morgan fingerprint density at radius 3 is 2.84 bits per heavy atom. The van der Waals surface area contributed by atoms with Gasteiger partial charge in [-0.3, -0.25) is 4.40 Å². The van der Waals surface area contributed by atoms with E-state index < -0.39 is 0 Å². The molecule has 1 fully saturated rings. The fourth-order valence-corrected chi connectivity index (χ4v) is 3.34. The molecule has 0 radical (unpaired) electrons. The summed E-state index contributed by atoms with van der Waals surface area (Å²) in [5, 5.41) is 0. The number of fused-ring (bicyclic) bond motifs is 1. The van der Waals surface area contributed by atoms with Crippen LogP contribution in [0, 0.1) is 5.92 Å². The first-order valence-electron chi connectivity index (χ1n) is 7.02. The van der Waals surface area contributed by atoms with Crippen molar-refractivity contribution in [2.75, 3.05) is 18.0 Å². The van der Waals surface area contributed by atoms with E-state index in [0.29, 0.717) is 0 Å². The SMILES string of the molecule is CCCC1CCN(c2ncc(Br)c3nccn23)CC1. The Balaban J connectivity index is 1.82. The average molecular weight is 323 g/mol. The van der Waals surface area contributed by atoms with Gasteiger partial charge in [0.1, 0.15) is 0 Å². The molecule has 4 nitrogen and oxygen atoms in total. The molecule has 3 heterocycles. The van der Waals surface area contributed by atoms with Crippen LogP contribution in [0.1, 0.15) is 32.6 Å². The normalized spacial score (nSPS) is 17.3.